The van der Waals surface area contributed by atoms with Gasteiger partial charge in [-0.05, 0) is 35.9 Å². The maximum absolute atomic E-state index is 5.41. The molecule has 1 aromatic heterocycles. The van der Waals surface area contributed by atoms with E-state index in [1.165, 1.54) is 0 Å². The Labute approximate surface area is 163 Å². The van der Waals surface area contributed by atoms with E-state index in [0.29, 0.717) is 6.54 Å². The first-order valence-electron chi connectivity index (χ1n) is 9.24. The molecule has 0 saturated carbocycles. The molecule has 3 N–H and O–H groups in total. The summed E-state index contributed by atoms with van der Waals surface area (Å²) in [5, 5.41) is 11.1. The largest absolute Gasteiger partial charge is 0.454 e. The summed E-state index contributed by atoms with van der Waals surface area (Å²) in [6.07, 6.45) is 0. The lowest BCUT2D eigenvalue weighted by molar-refractivity contribution is 0.174. The van der Waals surface area contributed by atoms with Crippen molar-refractivity contribution in [3.8, 4) is 11.5 Å². The van der Waals surface area contributed by atoms with Crippen LogP contribution >= 0.6 is 0 Å². The lowest BCUT2D eigenvalue weighted by Crippen LogP contribution is -2.39. The zero-order chi connectivity index (χ0) is 19.2. The summed E-state index contributed by atoms with van der Waals surface area (Å²) in [5.74, 6) is 3.18. The average Bonchev–Trinajstić information content (AvgIpc) is 3.21. The Kier molecular flexibility index (Phi) is 5.42. The van der Waals surface area contributed by atoms with Gasteiger partial charge in [-0.1, -0.05) is 24.3 Å². The van der Waals surface area contributed by atoms with Gasteiger partial charge in [-0.2, -0.15) is 0 Å². The highest BCUT2D eigenvalue weighted by atomic mass is 16.7. The lowest BCUT2D eigenvalue weighted by atomic mass is 10.2. The Balaban J connectivity index is 1.23. The van der Waals surface area contributed by atoms with Crippen LogP contribution in [0.4, 0.5) is 5.82 Å². The minimum atomic E-state index is 0.286. The van der Waals surface area contributed by atoms with E-state index in [0.717, 1.165) is 52.8 Å². The first kappa shape index (κ1) is 17.9. The summed E-state index contributed by atoms with van der Waals surface area (Å²) < 4.78 is 10.7. The predicted octanol–water partition coefficient (Wildman–Crippen LogP) is 2.74. The molecule has 2 heterocycles. The highest BCUT2D eigenvalue weighted by molar-refractivity contribution is 5.80. The molecule has 28 heavy (non-hydrogen) atoms. The minimum absolute atomic E-state index is 0.286. The normalized spacial score (nSPS) is 12.8. The van der Waals surface area contributed by atoms with Gasteiger partial charge in [0.25, 0.3) is 0 Å². The molecule has 7 heteroatoms. The zero-order valence-electron chi connectivity index (χ0n) is 15.7. The van der Waals surface area contributed by atoms with E-state index in [1.54, 1.807) is 7.05 Å². The van der Waals surface area contributed by atoms with E-state index in [-0.39, 0.29) is 6.79 Å². The van der Waals surface area contributed by atoms with Gasteiger partial charge in [-0.15, -0.1) is 0 Å². The van der Waals surface area contributed by atoms with Gasteiger partial charge >= 0.3 is 0 Å². The van der Waals surface area contributed by atoms with E-state index in [9.17, 15) is 0 Å². The van der Waals surface area contributed by atoms with Crippen LogP contribution in [0.2, 0.25) is 0 Å². The number of hydrogen-bond acceptors (Lipinski definition) is 5. The number of nitrogens with zero attached hydrogens (tertiary/aromatic N) is 2. The summed E-state index contributed by atoms with van der Waals surface area (Å²) in [6.45, 7) is 2.38. The second kappa shape index (κ2) is 8.47. The number of anilines is 1. The third-order valence-electron chi connectivity index (χ3n) is 4.44. The van der Waals surface area contributed by atoms with Gasteiger partial charge in [0.2, 0.25) is 6.79 Å². The van der Waals surface area contributed by atoms with Gasteiger partial charge < -0.3 is 25.4 Å². The zero-order valence-corrected chi connectivity index (χ0v) is 15.7. The van der Waals surface area contributed by atoms with Crippen LogP contribution in [0.25, 0.3) is 10.9 Å². The van der Waals surface area contributed by atoms with E-state index >= 15 is 0 Å². The van der Waals surface area contributed by atoms with Crippen LogP contribution in [0.3, 0.4) is 0 Å². The quantitative estimate of drug-likeness (QED) is 0.348. The maximum atomic E-state index is 5.41. The highest BCUT2D eigenvalue weighted by Crippen LogP contribution is 2.32. The molecule has 0 atom stereocenters. The van der Waals surface area contributed by atoms with Crippen molar-refractivity contribution < 1.29 is 9.47 Å². The maximum Gasteiger partial charge on any atom is 0.231 e. The second-order valence-corrected chi connectivity index (χ2v) is 6.36. The Hall–Kier alpha value is -3.48. The molecule has 1 aliphatic rings. The van der Waals surface area contributed by atoms with Crippen LogP contribution < -0.4 is 25.4 Å². The van der Waals surface area contributed by atoms with Gasteiger partial charge in [0.1, 0.15) is 5.82 Å². The van der Waals surface area contributed by atoms with Crippen LogP contribution in [0, 0.1) is 0 Å². The summed E-state index contributed by atoms with van der Waals surface area (Å²) in [5.41, 5.74) is 2.09. The first-order chi connectivity index (χ1) is 13.8. The number of guanidine groups is 1. The van der Waals surface area contributed by atoms with Crippen molar-refractivity contribution in [3.05, 3.63) is 60.2 Å². The first-order valence-corrected chi connectivity index (χ1v) is 9.24. The van der Waals surface area contributed by atoms with Crippen LogP contribution in [0.5, 0.6) is 11.5 Å². The van der Waals surface area contributed by atoms with Crippen molar-refractivity contribution >= 4 is 22.7 Å². The summed E-state index contributed by atoms with van der Waals surface area (Å²) >= 11 is 0. The Bertz CT molecular complexity index is 989. The molecule has 0 unspecified atom stereocenters. The SMILES string of the molecule is CN=C(NCCNc1ccc2ccccc2n1)NCc1ccc2c(c1)OCO2. The number of aliphatic imine (C=N–C) groups is 1. The Morgan fingerprint density at radius 1 is 1.00 bits per heavy atom. The standard InChI is InChI=1S/C21H23N5O2/c1-22-21(25-13-15-6-8-18-19(12-15)28-14-27-18)24-11-10-23-20-9-7-16-4-2-3-5-17(16)26-20/h2-9,12H,10-11,13-14H2,1H3,(H,23,26)(H2,22,24,25). The molecule has 3 aromatic rings. The number of ether oxygens (including phenoxy) is 2. The van der Waals surface area contributed by atoms with Gasteiger partial charge in [0, 0.05) is 32.1 Å². The monoisotopic (exact) mass is 377 g/mol. The molecule has 0 radical (unpaired) electrons. The van der Waals surface area contributed by atoms with Crippen LogP contribution in [-0.2, 0) is 6.54 Å². The Morgan fingerprint density at radius 2 is 1.89 bits per heavy atom. The van der Waals surface area contributed by atoms with Gasteiger partial charge in [0.15, 0.2) is 17.5 Å². The molecular weight excluding hydrogens is 354 g/mol. The average molecular weight is 377 g/mol. The van der Waals surface area contributed by atoms with Crippen molar-refractivity contribution in [2.75, 3.05) is 32.2 Å². The van der Waals surface area contributed by atoms with Gasteiger partial charge in [-0.3, -0.25) is 4.99 Å². The van der Waals surface area contributed by atoms with E-state index in [1.807, 2.05) is 42.5 Å². The number of para-hydroxylation sites is 1. The molecule has 0 saturated heterocycles. The fraction of sp³-hybridized carbons (Fsp3) is 0.238. The van der Waals surface area contributed by atoms with Crippen LogP contribution in [0.1, 0.15) is 5.56 Å². The number of fused-ring (bicyclic) bond motifs is 2. The molecule has 0 bridgehead atoms. The van der Waals surface area contributed by atoms with Crippen molar-refractivity contribution in [3.63, 3.8) is 0 Å². The second-order valence-electron chi connectivity index (χ2n) is 6.36. The summed E-state index contributed by atoms with van der Waals surface area (Å²) in [6, 6.07) is 18.1. The van der Waals surface area contributed by atoms with Crippen molar-refractivity contribution in [1.29, 1.82) is 0 Å². The number of rotatable bonds is 6. The molecule has 2 aromatic carbocycles. The third-order valence-corrected chi connectivity index (χ3v) is 4.44. The van der Waals surface area contributed by atoms with Gasteiger partial charge in [-0.25, -0.2) is 4.98 Å². The smallest absolute Gasteiger partial charge is 0.231 e. The topological polar surface area (TPSA) is 79.8 Å². The molecule has 1 aliphatic heterocycles. The van der Waals surface area contributed by atoms with Crippen molar-refractivity contribution in [2.24, 2.45) is 4.99 Å². The molecular formula is C21H23N5O2. The molecule has 144 valence electrons. The Morgan fingerprint density at radius 3 is 2.82 bits per heavy atom. The van der Waals surface area contributed by atoms with Gasteiger partial charge in [0.05, 0.1) is 5.52 Å². The van der Waals surface area contributed by atoms with E-state index in [2.05, 4.69) is 38.1 Å². The van der Waals surface area contributed by atoms with Crippen molar-refractivity contribution in [2.45, 2.75) is 6.54 Å². The van der Waals surface area contributed by atoms with Crippen molar-refractivity contribution in [1.82, 2.24) is 15.6 Å². The molecule has 4 rings (SSSR count). The number of pyridine rings is 1. The predicted molar refractivity (Wildman–Crippen MR) is 111 cm³/mol. The number of benzene rings is 2. The fourth-order valence-electron chi connectivity index (χ4n) is 2.99. The summed E-state index contributed by atoms with van der Waals surface area (Å²) in [7, 11) is 1.76. The molecule has 0 fully saturated rings. The van der Waals surface area contributed by atoms with Crippen LogP contribution in [-0.4, -0.2) is 37.9 Å². The molecule has 0 amide bonds. The molecule has 0 aliphatic carbocycles. The highest BCUT2D eigenvalue weighted by Gasteiger charge is 2.13. The third kappa shape index (κ3) is 4.25. The fourth-order valence-corrected chi connectivity index (χ4v) is 2.99. The number of aromatic nitrogens is 1. The van der Waals surface area contributed by atoms with Crippen LogP contribution in [0.15, 0.2) is 59.6 Å². The van der Waals surface area contributed by atoms with E-state index < -0.39 is 0 Å². The minimum Gasteiger partial charge on any atom is -0.454 e. The van der Waals surface area contributed by atoms with E-state index in [4.69, 9.17) is 9.47 Å². The molecule has 7 nitrogen and oxygen atoms in total. The summed E-state index contributed by atoms with van der Waals surface area (Å²) in [4.78, 5) is 8.87. The number of hydrogen-bond donors (Lipinski definition) is 3. The molecule has 0 spiro atoms. The lowest BCUT2D eigenvalue weighted by Gasteiger charge is -2.13. The number of nitrogens with one attached hydrogen (secondary N) is 3.